The number of nitrogens with zero attached hydrogens (tertiary/aromatic N) is 1. The molecule has 142 valence electrons. The smallest absolute Gasteiger partial charge is 0.244 e. The molecule has 0 unspecified atom stereocenters. The predicted octanol–water partition coefficient (Wildman–Crippen LogP) is 3.32. The lowest BCUT2D eigenvalue weighted by Gasteiger charge is -2.27. The lowest BCUT2D eigenvalue weighted by atomic mass is 10.1. The second-order valence-electron chi connectivity index (χ2n) is 6.50. The fourth-order valence-corrected chi connectivity index (χ4v) is 4.87. The average molecular weight is 405 g/mol. The maximum absolute atomic E-state index is 13.2. The highest BCUT2D eigenvalue weighted by Crippen LogP contribution is 2.24. The van der Waals surface area contributed by atoms with Crippen LogP contribution < -0.4 is 5.32 Å². The Morgan fingerprint density at radius 3 is 2.44 bits per heavy atom. The third kappa shape index (κ3) is 4.58. The summed E-state index contributed by atoms with van der Waals surface area (Å²) in [6.07, 6.45) is 2.38. The maximum atomic E-state index is 13.2. The predicted molar refractivity (Wildman–Crippen MR) is 107 cm³/mol. The van der Waals surface area contributed by atoms with Gasteiger partial charge >= 0.3 is 0 Å². The van der Waals surface area contributed by atoms with Crippen molar-refractivity contribution in [3.8, 4) is 0 Å². The van der Waals surface area contributed by atoms with Crippen LogP contribution in [0.25, 0.3) is 6.08 Å². The van der Waals surface area contributed by atoms with Gasteiger partial charge in [-0.15, -0.1) is 0 Å². The van der Waals surface area contributed by atoms with Crippen molar-refractivity contribution in [3.05, 3.63) is 70.8 Å². The molecule has 1 heterocycles. The van der Waals surface area contributed by atoms with Gasteiger partial charge < -0.3 is 5.32 Å². The van der Waals surface area contributed by atoms with Gasteiger partial charge in [0.15, 0.2) is 0 Å². The quantitative estimate of drug-likeness (QED) is 0.803. The lowest BCUT2D eigenvalue weighted by Crippen LogP contribution is -2.45. The van der Waals surface area contributed by atoms with Gasteiger partial charge in [0.25, 0.3) is 0 Å². The van der Waals surface area contributed by atoms with Crippen molar-refractivity contribution >= 4 is 33.6 Å². The number of amides is 1. The van der Waals surface area contributed by atoms with Crippen molar-refractivity contribution in [2.45, 2.75) is 24.3 Å². The summed E-state index contributed by atoms with van der Waals surface area (Å²) in [5, 5.41) is 3.18. The van der Waals surface area contributed by atoms with Crippen LogP contribution >= 0.6 is 11.6 Å². The summed E-state index contributed by atoms with van der Waals surface area (Å²) < 4.78 is 27.8. The summed E-state index contributed by atoms with van der Waals surface area (Å²) in [4.78, 5) is 12.4. The van der Waals surface area contributed by atoms with Gasteiger partial charge in [0.05, 0.1) is 4.90 Å². The molecule has 1 saturated heterocycles. The third-order valence-electron chi connectivity index (χ3n) is 4.41. The minimum atomic E-state index is -3.85. The van der Waals surface area contributed by atoms with E-state index in [0.717, 1.165) is 11.1 Å². The Morgan fingerprint density at radius 1 is 1.19 bits per heavy atom. The van der Waals surface area contributed by atoms with E-state index in [4.69, 9.17) is 11.6 Å². The zero-order chi connectivity index (χ0) is 19.4. The molecule has 7 heteroatoms. The van der Waals surface area contributed by atoms with E-state index in [0.29, 0.717) is 18.0 Å². The molecule has 0 aromatic heterocycles. The second-order valence-corrected chi connectivity index (χ2v) is 8.83. The average Bonchev–Trinajstić information content (AvgIpc) is 3.06. The Kier molecular flexibility index (Phi) is 5.99. The van der Waals surface area contributed by atoms with Gasteiger partial charge in [0.1, 0.15) is 6.04 Å². The van der Waals surface area contributed by atoms with Gasteiger partial charge in [-0.2, -0.15) is 4.31 Å². The van der Waals surface area contributed by atoms with Crippen molar-refractivity contribution < 1.29 is 13.2 Å². The Labute approximate surface area is 164 Å². The minimum absolute atomic E-state index is 0.124. The maximum Gasteiger partial charge on any atom is 0.244 e. The topological polar surface area (TPSA) is 66.5 Å². The molecule has 0 bridgehead atoms. The summed E-state index contributed by atoms with van der Waals surface area (Å²) in [5.41, 5.74) is 1.83. The van der Waals surface area contributed by atoms with E-state index >= 15 is 0 Å². The van der Waals surface area contributed by atoms with Gasteiger partial charge in [0.2, 0.25) is 15.9 Å². The summed E-state index contributed by atoms with van der Waals surface area (Å²) >= 11 is 5.88. The third-order valence-corrected chi connectivity index (χ3v) is 6.53. The van der Waals surface area contributed by atoms with Crippen LogP contribution in [0.1, 0.15) is 18.9 Å². The number of carbonyl (C=O) groups excluding carboxylic acids is 1. The van der Waals surface area contributed by atoms with Gasteiger partial charge in [-0.3, -0.25) is 4.79 Å². The van der Waals surface area contributed by atoms with E-state index in [-0.39, 0.29) is 17.3 Å². The molecular formula is C20H21ClN2O3S. The number of rotatable bonds is 6. The van der Waals surface area contributed by atoms with E-state index in [2.05, 4.69) is 5.32 Å². The van der Waals surface area contributed by atoms with Crippen LogP contribution in [0.2, 0.25) is 5.02 Å². The van der Waals surface area contributed by atoms with Gasteiger partial charge in [-0.05, 0) is 43.2 Å². The Bertz CT molecular complexity index is 941. The molecule has 27 heavy (non-hydrogen) atoms. The molecule has 5 nitrogen and oxygen atoms in total. The van der Waals surface area contributed by atoms with Gasteiger partial charge in [-0.1, -0.05) is 53.6 Å². The molecule has 1 amide bonds. The molecule has 0 aliphatic carbocycles. The Balaban J connectivity index is 1.95. The van der Waals surface area contributed by atoms with Crippen LogP contribution in [-0.2, 0) is 14.8 Å². The Morgan fingerprint density at radius 2 is 1.85 bits per heavy atom. The number of hydrogen-bond donors (Lipinski definition) is 1. The number of hydrogen-bond acceptors (Lipinski definition) is 3. The molecule has 2 aromatic rings. The number of sulfonamides is 1. The normalized spacial score (nSPS) is 18.0. The van der Waals surface area contributed by atoms with E-state index in [1.54, 1.807) is 0 Å². The number of halogens is 1. The lowest BCUT2D eigenvalue weighted by molar-refractivity contribution is -0.122. The van der Waals surface area contributed by atoms with Crippen molar-refractivity contribution in [1.82, 2.24) is 9.62 Å². The molecule has 0 spiro atoms. The highest BCUT2D eigenvalue weighted by molar-refractivity contribution is 7.89. The van der Waals surface area contributed by atoms with Crippen molar-refractivity contribution in [2.24, 2.45) is 0 Å². The highest BCUT2D eigenvalue weighted by Gasteiger charge is 2.38. The summed E-state index contributed by atoms with van der Waals surface area (Å²) in [7, 11) is -3.85. The standard InChI is InChI=1S/C20H21ClN2O3S/c1-15(13-16-5-3-2-4-6-16)14-23(19-11-12-22-20(19)24)27(25,26)18-9-7-17(21)8-10-18/h2-10,13,19H,11-12,14H2,1H3,(H,22,24)/b15-13+/t19-/m1/s1. The summed E-state index contributed by atoms with van der Waals surface area (Å²) in [6.45, 7) is 2.47. The minimum Gasteiger partial charge on any atom is -0.355 e. The van der Waals surface area contributed by atoms with Crippen LogP contribution in [-0.4, -0.2) is 37.8 Å². The van der Waals surface area contributed by atoms with E-state index < -0.39 is 16.1 Å². The summed E-state index contributed by atoms with van der Waals surface area (Å²) in [5.74, 6) is -0.264. The molecule has 0 saturated carbocycles. The molecule has 1 fully saturated rings. The van der Waals surface area contributed by atoms with Gasteiger partial charge in [0, 0.05) is 18.1 Å². The fraction of sp³-hybridized carbons (Fsp3) is 0.250. The van der Waals surface area contributed by atoms with Crippen LogP contribution in [0.3, 0.4) is 0 Å². The van der Waals surface area contributed by atoms with Crippen LogP contribution in [0.15, 0.2) is 65.1 Å². The first-order chi connectivity index (χ1) is 12.9. The molecule has 0 radical (unpaired) electrons. The van der Waals surface area contributed by atoms with Crippen LogP contribution in [0, 0.1) is 0 Å². The van der Waals surface area contributed by atoms with E-state index in [9.17, 15) is 13.2 Å². The zero-order valence-electron chi connectivity index (χ0n) is 14.9. The van der Waals surface area contributed by atoms with Crippen molar-refractivity contribution in [2.75, 3.05) is 13.1 Å². The number of benzene rings is 2. The molecule has 2 aromatic carbocycles. The molecule has 1 N–H and O–H groups in total. The molecule has 1 aliphatic heterocycles. The van der Waals surface area contributed by atoms with Crippen molar-refractivity contribution in [1.29, 1.82) is 0 Å². The number of carbonyl (C=O) groups is 1. The molecule has 3 rings (SSSR count). The molecule has 1 aliphatic rings. The first kappa shape index (κ1) is 19.6. The fourth-order valence-electron chi connectivity index (χ4n) is 3.09. The first-order valence-electron chi connectivity index (χ1n) is 8.65. The molecular weight excluding hydrogens is 384 g/mol. The largest absolute Gasteiger partial charge is 0.355 e. The van der Waals surface area contributed by atoms with Crippen molar-refractivity contribution in [3.63, 3.8) is 0 Å². The van der Waals surface area contributed by atoms with E-state index in [1.165, 1.54) is 28.6 Å². The van der Waals surface area contributed by atoms with E-state index in [1.807, 2.05) is 43.3 Å². The van der Waals surface area contributed by atoms with Crippen LogP contribution in [0.5, 0.6) is 0 Å². The van der Waals surface area contributed by atoms with Crippen LogP contribution in [0.4, 0.5) is 0 Å². The monoisotopic (exact) mass is 404 g/mol. The molecule has 1 atom stereocenters. The second kappa shape index (κ2) is 8.25. The number of nitrogens with one attached hydrogen (secondary N) is 1. The highest BCUT2D eigenvalue weighted by atomic mass is 35.5. The first-order valence-corrected chi connectivity index (χ1v) is 10.5. The van der Waals surface area contributed by atoms with Gasteiger partial charge in [-0.25, -0.2) is 8.42 Å². The Hall–Kier alpha value is -2.15. The SMILES string of the molecule is C/C(=C\c1ccccc1)CN([C@@H]1CCNC1=O)S(=O)(=O)c1ccc(Cl)cc1. The zero-order valence-corrected chi connectivity index (χ0v) is 16.5. The summed E-state index contributed by atoms with van der Waals surface area (Å²) in [6, 6.07) is 15.0.